The van der Waals surface area contributed by atoms with Gasteiger partial charge in [0.15, 0.2) is 5.13 Å². The molecule has 1 aromatic heterocycles. The number of ether oxygens (including phenoxy) is 1. The van der Waals surface area contributed by atoms with Crippen LogP contribution in [0.25, 0.3) is 11.3 Å². The van der Waals surface area contributed by atoms with Crippen molar-refractivity contribution in [2.45, 2.75) is 27.2 Å². The van der Waals surface area contributed by atoms with E-state index in [-0.39, 0.29) is 17.6 Å². The van der Waals surface area contributed by atoms with Gasteiger partial charge in [0.05, 0.1) is 17.9 Å². The number of amides is 1. The Morgan fingerprint density at radius 3 is 2.33 bits per heavy atom. The Hall–Kier alpha value is -3.89. The standard InChI is InChI=1S/C20H20N2O2S.C8H10AsNO5/c1-3-14-8-10-15(11-9-14)18-13-25-20(22-18)21-17-7-5-6-16(12-17)19(23)24-4-2;1-5(11)10-6-2-3-7(8(12)4-6)9(13,14)15/h5-13H,3-4H2,1-2H3,(H,21,22);2-4,12H,1H3,(H,10,11)(H2,13,14,15). The minimum Gasteiger partial charge on any atom is -0.462 e. The number of hydrogen-bond donors (Lipinski definition) is 5. The Balaban J connectivity index is 0.000000252. The fourth-order valence-electron chi connectivity index (χ4n) is 3.49. The number of anilines is 3. The predicted octanol–water partition coefficient (Wildman–Crippen LogP) is 4.20. The number of nitrogens with one attached hydrogen (secondary N) is 2. The number of nitrogens with zero attached hydrogens (tertiary/aromatic N) is 1. The summed E-state index contributed by atoms with van der Waals surface area (Å²) in [6, 6.07) is 19.2. The maximum Gasteiger partial charge on any atom is 0.338 e. The summed E-state index contributed by atoms with van der Waals surface area (Å²) in [5, 5.41) is 17.8. The van der Waals surface area contributed by atoms with Crippen molar-refractivity contribution in [2.75, 3.05) is 17.2 Å². The maximum absolute atomic E-state index is 11.8. The first-order chi connectivity index (χ1) is 19.0. The summed E-state index contributed by atoms with van der Waals surface area (Å²) in [6.07, 6.45) is 1.03. The van der Waals surface area contributed by atoms with Crippen molar-refractivity contribution in [1.82, 2.24) is 4.98 Å². The molecular formula is C28H30AsN3O7S. The molecule has 4 rings (SSSR count). The van der Waals surface area contributed by atoms with Gasteiger partial charge in [0.2, 0.25) is 0 Å². The minimum atomic E-state index is -5.09. The second-order valence-electron chi connectivity index (χ2n) is 8.44. The Morgan fingerprint density at radius 1 is 1.00 bits per heavy atom. The van der Waals surface area contributed by atoms with Crippen molar-refractivity contribution >= 4 is 58.2 Å². The molecule has 0 bridgehead atoms. The van der Waals surface area contributed by atoms with Crippen LogP contribution >= 0.6 is 11.3 Å². The van der Waals surface area contributed by atoms with Crippen LogP contribution in [0.15, 0.2) is 72.1 Å². The molecule has 0 radical (unpaired) electrons. The van der Waals surface area contributed by atoms with E-state index in [0.717, 1.165) is 40.6 Å². The van der Waals surface area contributed by atoms with Gasteiger partial charge in [-0.1, -0.05) is 37.3 Å². The molecule has 10 nitrogen and oxygen atoms in total. The molecular weight excluding hydrogens is 597 g/mol. The van der Waals surface area contributed by atoms with Crippen LogP contribution in [0, 0.1) is 0 Å². The number of carbonyl (C=O) groups excluding carboxylic acids is 2. The molecule has 0 saturated heterocycles. The summed E-state index contributed by atoms with van der Waals surface area (Å²) < 4.78 is 33.3. The van der Waals surface area contributed by atoms with Gasteiger partial charge in [-0.25, -0.2) is 9.78 Å². The zero-order valence-electron chi connectivity index (χ0n) is 22.1. The summed E-state index contributed by atoms with van der Waals surface area (Å²) in [6.45, 7) is 5.59. The smallest absolute Gasteiger partial charge is 0.338 e. The quantitative estimate of drug-likeness (QED) is 0.143. The van der Waals surface area contributed by atoms with Crippen LogP contribution in [0.3, 0.4) is 0 Å². The Morgan fingerprint density at radius 2 is 1.73 bits per heavy atom. The SMILES string of the molecule is CC(=O)Nc1ccc([As](=O)(O)O)c(O)c1.CCOC(=O)c1cccc(Nc2nc(-c3ccc(CC)cc3)cs2)c1. The van der Waals surface area contributed by atoms with Crippen molar-refractivity contribution < 1.29 is 31.4 Å². The van der Waals surface area contributed by atoms with Crippen LogP contribution in [-0.2, 0) is 19.7 Å². The number of phenols is 1. The van der Waals surface area contributed by atoms with E-state index in [1.807, 2.05) is 17.5 Å². The summed E-state index contributed by atoms with van der Waals surface area (Å²) in [5.41, 5.74) is 4.98. The summed E-state index contributed by atoms with van der Waals surface area (Å²) in [4.78, 5) is 27.1. The van der Waals surface area contributed by atoms with Crippen LogP contribution < -0.4 is 15.0 Å². The Labute approximate surface area is 238 Å². The molecule has 210 valence electrons. The molecule has 0 unspecified atom stereocenters. The molecule has 0 aliphatic heterocycles. The molecule has 0 aliphatic carbocycles. The molecule has 5 N–H and O–H groups in total. The van der Waals surface area contributed by atoms with Crippen molar-refractivity contribution in [3.05, 3.63) is 83.2 Å². The molecule has 12 heteroatoms. The number of aryl methyl sites for hydroxylation is 1. The zero-order chi connectivity index (χ0) is 29.3. The fourth-order valence-corrected chi connectivity index (χ4v) is 5.55. The van der Waals surface area contributed by atoms with Gasteiger partial charge >= 0.3 is 94.1 Å². The Kier molecular flexibility index (Phi) is 10.7. The van der Waals surface area contributed by atoms with Crippen molar-refractivity contribution in [3.8, 4) is 17.0 Å². The largest absolute Gasteiger partial charge is 0.462 e. The van der Waals surface area contributed by atoms with Gasteiger partial charge in [0, 0.05) is 16.6 Å². The van der Waals surface area contributed by atoms with Crippen LogP contribution in [0.1, 0.15) is 36.7 Å². The number of aromatic nitrogens is 1. The van der Waals surface area contributed by atoms with E-state index in [1.165, 1.54) is 29.9 Å². The van der Waals surface area contributed by atoms with Gasteiger partial charge in [-0.2, -0.15) is 0 Å². The van der Waals surface area contributed by atoms with Crippen LogP contribution in [0.4, 0.5) is 16.5 Å². The first kappa shape index (κ1) is 30.6. The van der Waals surface area contributed by atoms with Crippen LogP contribution in [-0.4, -0.2) is 50.9 Å². The second-order valence-corrected chi connectivity index (χ2v) is 12.6. The third-order valence-corrected chi connectivity index (χ3v) is 8.26. The van der Waals surface area contributed by atoms with E-state index in [0.29, 0.717) is 12.2 Å². The number of thiazole rings is 1. The van der Waals surface area contributed by atoms with Gasteiger partial charge in [-0.3, -0.25) is 0 Å². The maximum atomic E-state index is 11.8. The molecule has 0 spiro atoms. The van der Waals surface area contributed by atoms with Gasteiger partial charge in [0.25, 0.3) is 0 Å². The van der Waals surface area contributed by atoms with Crippen molar-refractivity contribution in [2.24, 2.45) is 0 Å². The number of carbonyl (C=O) groups is 2. The molecule has 1 amide bonds. The minimum absolute atomic E-state index is 0.285. The number of aromatic hydroxyl groups is 1. The molecule has 40 heavy (non-hydrogen) atoms. The van der Waals surface area contributed by atoms with E-state index in [9.17, 15) is 18.4 Å². The molecule has 0 atom stereocenters. The van der Waals surface area contributed by atoms with Crippen molar-refractivity contribution in [1.29, 1.82) is 0 Å². The number of benzene rings is 3. The van der Waals surface area contributed by atoms with E-state index in [4.69, 9.17) is 12.9 Å². The molecule has 0 aliphatic rings. The third kappa shape index (κ3) is 8.82. The van der Waals surface area contributed by atoms with Crippen molar-refractivity contribution in [3.63, 3.8) is 0 Å². The Bertz CT molecular complexity index is 1520. The first-order valence-electron chi connectivity index (χ1n) is 12.3. The molecule has 4 aromatic rings. The summed E-state index contributed by atoms with van der Waals surface area (Å²) >= 11 is -3.55. The van der Waals surface area contributed by atoms with Gasteiger partial charge < -0.3 is 10.1 Å². The normalized spacial score (nSPS) is 10.7. The second kappa shape index (κ2) is 14.0. The molecule has 0 fully saturated rings. The number of rotatable bonds is 8. The summed E-state index contributed by atoms with van der Waals surface area (Å²) in [7, 11) is 0. The third-order valence-electron chi connectivity index (χ3n) is 5.40. The van der Waals surface area contributed by atoms with Gasteiger partial charge in [0.1, 0.15) is 0 Å². The van der Waals surface area contributed by atoms with E-state index in [1.54, 1.807) is 19.1 Å². The molecule has 0 saturated carbocycles. The van der Waals surface area contributed by atoms with Crippen LogP contribution in [0.5, 0.6) is 5.75 Å². The number of esters is 1. The topological polar surface area (TPSA) is 158 Å². The number of phenolic OH excluding ortho intramolecular Hbond substituents is 1. The molecule has 1 heterocycles. The average Bonchev–Trinajstić information content (AvgIpc) is 3.37. The van der Waals surface area contributed by atoms with Gasteiger partial charge in [-0.15, -0.1) is 11.3 Å². The van der Waals surface area contributed by atoms with Crippen LogP contribution in [0.2, 0.25) is 0 Å². The fraction of sp³-hybridized carbons (Fsp3) is 0.179. The average molecular weight is 628 g/mol. The van der Waals surface area contributed by atoms with Gasteiger partial charge in [-0.05, 0) is 37.1 Å². The number of hydrogen-bond acceptors (Lipinski definition) is 8. The first-order valence-corrected chi connectivity index (χ1v) is 16.5. The van der Waals surface area contributed by atoms with E-state index in [2.05, 4.69) is 46.8 Å². The zero-order valence-corrected chi connectivity index (χ0v) is 24.8. The monoisotopic (exact) mass is 627 g/mol. The summed E-state index contributed by atoms with van der Waals surface area (Å²) in [5.74, 6) is -1.17. The molecule has 3 aromatic carbocycles. The van der Waals surface area contributed by atoms with E-state index < -0.39 is 24.3 Å². The van der Waals surface area contributed by atoms with E-state index >= 15 is 0 Å². The predicted molar refractivity (Wildman–Crippen MR) is 156 cm³/mol.